The fraction of sp³-hybridized carbons (Fsp3) is 0.0968. The van der Waals surface area contributed by atoms with Gasteiger partial charge in [-0.25, -0.2) is 9.07 Å². The van der Waals surface area contributed by atoms with Gasteiger partial charge in [0.25, 0.3) is 0 Å². The highest BCUT2D eigenvalue weighted by molar-refractivity contribution is 7.13. The number of anilines is 1. The van der Waals surface area contributed by atoms with E-state index in [4.69, 9.17) is 0 Å². The first-order valence-electron chi connectivity index (χ1n) is 12.6. The van der Waals surface area contributed by atoms with Gasteiger partial charge in [0.2, 0.25) is 11.0 Å². The van der Waals surface area contributed by atoms with Crippen molar-refractivity contribution >= 4 is 33.3 Å². The Bertz CT molecular complexity index is 1690. The molecule has 0 bridgehead atoms. The van der Waals surface area contributed by atoms with E-state index in [1.807, 2.05) is 54.6 Å². The van der Waals surface area contributed by atoms with Gasteiger partial charge in [-0.1, -0.05) is 78.1 Å². The molecule has 39 heavy (non-hydrogen) atoms. The van der Waals surface area contributed by atoms with Crippen LogP contribution in [0, 0.1) is 11.7 Å². The minimum atomic E-state index is -0.428. The van der Waals surface area contributed by atoms with E-state index in [2.05, 4.69) is 44.9 Å². The molecule has 1 amide bonds. The lowest BCUT2D eigenvalue weighted by atomic mass is 9.77. The number of carbonyl (C=O) groups is 1. The van der Waals surface area contributed by atoms with Crippen LogP contribution in [-0.2, 0) is 11.2 Å². The number of amides is 1. The fourth-order valence-corrected chi connectivity index (χ4v) is 5.45. The third-order valence-corrected chi connectivity index (χ3v) is 7.42. The topological polar surface area (TPSA) is 72.7 Å². The van der Waals surface area contributed by atoms with Crippen molar-refractivity contribution in [3.05, 3.63) is 137 Å². The molecule has 0 fully saturated rings. The van der Waals surface area contributed by atoms with Crippen molar-refractivity contribution in [3.63, 3.8) is 0 Å². The number of hydrogen-bond donors (Lipinski definition) is 1. The minimum Gasteiger partial charge on any atom is -0.300 e. The van der Waals surface area contributed by atoms with Gasteiger partial charge in [-0.3, -0.25) is 4.79 Å². The summed E-state index contributed by atoms with van der Waals surface area (Å²) >= 11 is 1.29. The van der Waals surface area contributed by atoms with Gasteiger partial charge in [-0.2, -0.15) is 5.10 Å². The molecule has 2 unspecified atom stereocenters. The van der Waals surface area contributed by atoms with Crippen LogP contribution in [0.15, 0.2) is 115 Å². The van der Waals surface area contributed by atoms with Crippen molar-refractivity contribution in [2.75, 3.05) is 5.32 Å². The Hall–Kier alpha value is -4.69. The summed E-state index contributed by atoms with van der Waals surface area (Å²) in [6.07, 6.45) is 2.34. The molecule has 0 saturated heterocycles. The highest BCUT2D eigenvalue weighted by Gasteiger charge is 2.32. The van der Waals surface area contributed by atoms with Crippen LogP contribution in [0.25, 0.3) is 16.6 Å². The molecule has 2 heterocycles. The lowest BCUT2D eigenvalue weighted by Crippen LogP contribution is -2.31. The molecule has 6 nitrogen and oxygen atoms in total. The molecule has 8 heteroatoms. The first kappa shape index (κ1) is 24.6. The largest absolute Gasteiger partial charge is 0.300 e. The number of benzene rings is 4. The second-order valence-electron chi connectivity index (χ2n) is 9.27. The number of nitrogens with zero attached hydrogens (tertiary/aromatic N) is 4. The molecule has 1 N–H and O–H groups in total. The van der Waals surface area contributed by atoms with E-state index in [0.29, 0.717) is 11.6 Å². The number of rotatable bonds is 8. The van der Waals surface area contributed by atoms with Crippen molar-refractivity contribution in [1.29, 1.82) is 0 Å². The van der Waals surface area contributed by atoms with Crippen LogP contribution in [0.4, 0.5) is 9.52 Å². The average Bonchev–Trinajstić information content (AvgIpc) is 3.64. The Morgan fingerprint density at radius 3 is 2.36 bits per heavy atom. The number of hydrogen-bond acceptors (Lipinski definition) is 5. The van der Waals surface area contributed by atoms with Gasteiger partial charge in [0.15, 0.2) is 0 Å². The van der Waals surface area contributed by atoms with Crippen molar-refractivity contribution in [3.8, 4) is 5.69 Å². The van der Waals surface area contributed by atoms with Crippen molar-refractivity contribution in [2.24, 2.45) is 5.92 Å². The van der Waals surface area contributed by atoms with E-state index in [0.717, 1.165) is 33.3 Å². The molecular weight excluding hydrogens is 509 g/mol. The Balaban J connectivity index is 1.44. The first-order chi connectivity index (χ1) is 19.2. The van der Waals surface area contributed by atoms with E-state index in [1.165, 1.54) is 23.5 Å². The molecule has 2 aromatic heterocycles. The zero-order valence-corrected chi connectivity index (χ0v) is 21.6. The van der Waals surface area contributed by atoms with E-state index in [-0.39, 0.29) is 17.6 Å². The minimum absolute atomic E-state index is 0.119. The highest BCUT2D eigenvalue weighted by Crippen LogP contribution is 2.37. The maximum atomic E-state index is 13.9. The van der Waals surface area contributed by atoms with E-state index < -0.39 is 5.92 Å². The maximum Gasteiger partial charge on any atom is 0.230 e. The van der Waals surface area contributed by atoms with Crippen LogP contribution in [-0.4, -0.2) is 25.9 Å². The van der Waals surface area contributed by atoms with Gasteiger partial charge in [-0.15, -0.1) is 10.2 Å². The molecule has 0 saturated carbocycles. The Kier molecular flexibility index (Phi) is 6.93. The monoisotopic (exact) mass is 533 g/mol. The predicted molar refractivity (Wildman–Crippen MR) is 151 cm³/mol. The van der Waals surface area contributed by atoms with Crippen LogP contribution in [0.2, 0.25) is 0 Å². The van der Waals surface area contributed by atoms with Crippen LogP contribution in [0.1, 0.15) is 22.6 Å². The van der Waals surface area contributed by atoms with E-state index in [1.54, 1.807) is 28.5 Å². The standard InChI is InChI=1S/C31H24FN5OS/c32-25-12-14-26(15-13-25)37-28-16-11-23(18-24(28)19-34-37)29(22-9-5-2-6-10-22)27(17-21-7-3-1-4-8-21)30(38)35-31-36-33-20-39-31/h1-16,18-20,27,29H,17H2,(H,35,36,38). The van der Waals surface area contributed by atoms with Gasteiger partial charge < -0.3 is 5.32 Å². The fourth-order valence-electron chi connectivity index (χ4n) is 5.01. The Morgan fingerprint density at radius 1 is 0.897 bits per heavy atom. The molecule has 192 valence electrons. The smallest absolute Gasteiger partial charge is 0.230 e. The maximum absolute atomic E-state index is 13.9. The van der Waals surface area contributed by atoms with Crippen molar-refractivity contribution in [1.82, 2.24) is 20.0 Å². The van der Waals surface area contributed by atoms with Gasteiger partial charge in [0, 0.05) is 11.3 Å². The Labute approximate surface area is 228 Å². The molecule has 4 aromatic carbocycles. The van der Waals surface area contributed by atoms with Gasteiger partial charge in [0.05, 0.1) is 23.3 Å². The van der Waals surface area contributed by atoms with E-state index >= 15 is 0 Å². The number of carbonyl (C=O) groups excluding carboxylic acids is 1. The lowest BCUT2D eigenvalue weighted by molar-refractivity contribution is -0.120. The molecule has 0 spiro atoms. The SMILES string of the molecule is O=C(Nc1nncs1)C(Cc1ccccc1)C(c1ccccc1)c1ccc2c(cnn2-c2ccc(F)cc2)c1. The van der Waals surface area contributed by atoms with Crippen LogP contribution < -0.4 is 5.32 Å². The summed E-state index contributed by atoms with van der Waals surface area (Å²) in [4.78, 5) is 13.9. The quantitative estimate of drug-likeness (QED) is 0.238. The van der Waals surface area contributed by atoms with Crippen molar-refractivity contribution in [2.45, 2.75) is 12.3 Å². The third kappa shape index (κ3) is 5.32. The normalized spacial score (nSPS) is 12.7. The van der Waals surface area contributed by atoms with Crippen LogP contribution in [0.3, 0.4) is 0 Å². The molecule has 0 aliphatic rings. The van der Waals surface area contributed by atoms with Crippen molar-refractivity contribution < 1.29 is 9.18 Å². The van der Waals surface area contributed by atoms with Gasteiger partial charge in [-0.05, 0) is 59.5 Å². The predicted octanol–water partition coefficient (Wildman–Crippen LogP) is 6.65. The highest BCUT2D eigenvalue weighted by atomic mass is 32.1. The molecule has 0 radical (unpaired) electrons. The number of fused-ring (bicyclic) bond motifs is 1. The Morgan fingerprint density at radius 2 is 1.64 bits per heavy atom. The number of aromatic nitrogens is 4. The van der Waals surface area contributed by atoms with Gasteiger partial charge in [0.1, 0.15) is 11.3 Å². The summed E-state index contributed by atoms with van der Waals surface area (Å²) in [5, 5.41) is 16.9. The van der Waals surface area contributed by atoms with Crippen LogP contribution in [0.5, 0.6) is 0 Å². The number of nitrogens with one attached hydrogen (secondary N) is 1. The first-order valence-corrected chi connectivity index (χ1v) is 13.4. The molecule has 0 aliphatic carbocycles. The molecule has 6 rings (SSSR count). The van der Waals surface area contributed by atoms with Crippen LogP contribution >= 0.6 is 11.3 Å². The number of halogens is 1. The molecule has 0 aliphatic heterocycles. The summed E-state index contributed by atoms with van der Waals surface area (Å²) in [5.74, 6) is -1.08. The second-order valence-corrected chi connectivity index (χ2v) is 10.1. The molecule has 6 aromatic rings. The second kappa shape index (κ2) is 11.0. The summed E-state index contributed by atoms with van der Waals surface area (Å²) < 4.78 is 15.3. The lowest BCUT2D eigenvalue weighted by Gasteiger charge is -2.27. The summed E-state index contributed by atoms with van der Waals surface area (Å²) in [5.41, 5.74) is 6.38. The summed E-state index contributed by atoms with van der Waals surface area (Å²) in [6, 6.07) is 32.5. The summed E-state index contributed by atoms with van der Waals surface area (Å²) in [6.45, 7) is 0. The average molecular weight is 534 g/mol. The van der Waals surface area contributed by atoms with Gasteiger partial charge >= 0.3 is 0 Å². The zero-order chi connectivity index (χ0) is 26.6. The molecule has 2 atom stereocenters. The summed E-state index contributed by atoms with van der Waals surface area (Å²) in [7, 11) is 0. The zero-order valence-electron chi connectivity index (χ0n) is 20.8. The third-order valence-electron chi connectivity index (χ3n) is 6.81. The molecular formula is C31H24FN5OS. The van der Waals surface area contributed by atoms with E-state index in [9.17, 15) is 9.18 Å².